The molecule has 0 aromatic heterocycles. The standard InChI is InChI=1S/C23H18S/c24-16-19-15-22(17-9-3-1-4-10-17)20-13-7-8-14-21(20)23(19)18-11-5-2-6-12-18/h1-15,24H,16H2. The van der Waals surface area contributed by atoms with Crippen LogP contribution in [0.15, 0.2) is 91.0 Å². The van der Waals surface area contributed by atoms with Gasteiger partial charge in [-0.2, -0.15) is 12.6 Å². The van der Waals surface area contributed by atoms with Crippen LogP contribution in [0.25, 0.3) is 33.0 Å². The Hall–Kier alpha value is -2.51. The van der Waals surface area contributed by atoms with Gasteiger partial charge in [0.05, 0.1) is 0 Å². The Kier molecular flexibility index (Phi) is 4.10. The number of thiol groups is 1. The summed E-state index contributed by atoms with van der Waals surface area (Å²) in [6.45, 7) is 0. The fraction of sp³-hybridized carbons (Fsp3) is 0.0435. The molecule has 0 N–H and O–H groups in total. The first-order chi connectivity index (χ1) is 11.9. The second-order valence-corrected chi connectivity index (χ2v) is 6.21. The van der Waals surface area contributed by atoms with E-state index < -0.39 is 0 Å². The maximum absolute atomic E-state index is 4.62. The molecule has 0 amide bonds. The molecule has 0 bridgehead atoms. The molecule has 0 nitrogen and oxygen atoms in total. The van der Waals surface area contributed by atoms with Gasteiger partial charge >= 0.3 is 0 Å². The molecule has 4 aromatic rings. The maximum atomic E-state index is 4.62. The van der Waals surface area contributed by atoms with Crippen LogP contribution in [-0.4, -0.2) is 0 Å². The average Bonchev–Trinajstić information content (AvgIpc) is 2.68. The van der Waals surface area contributed by atoms with E-state index in [1.807, 2.05) is 0 Å². The summed E-state index contributed by atoms with van der Waals surface area (Å²) >= 11 is 4.62. The summed E-state index contributed by atoms with van der Waals surface area (Å²) < 4.78 is 0. The van der Waals surface area contributed by atoms with Crippen LogP contribution in [-0.2, 0) is 5.75 Å². The zero-order valence-electron chi connectivity index (χ0n) is 13.3. The van der Waals surface area contributed by atoms with E-state index in [4.69, 9.17) is 0 Å². The monoisotopic (exact) mass is 326 g/mol. The van der Waals surface area contributed by atoms with Gasteiger partial charge in [0.1, 0.15) is 0 Å². The minimum atomic E-state index is 0.717. The van der Waals surface area contributed by atoms with Gasteiger partial charge in [-0.3, -0.25) is 0 Å². The summed E-state index contributed by atoms with van der Waals surface area (Å²) in [5.41, 5.74) is 6.33. The number of hydrogen-bond acceptors (Lipinski definition) is 1. The summed E-state index contributed by atoms with van der Waals surface area (Å²) in [7, 11) is 0. The summed E-state index contributed by atoms with van der Waals surface area (Å²) in [6.07, 6.45) is 0. The van der Waals surface area contributed by atoms with Crippen molar-refractivity contribution < 1.29 is 0 Å². The van der Waals surface area contributed by atoms with Crippen molar-refractivity contribution in [3.8, 4) is 22.3 Å². The van der Waals surface area contributed by atoms with Crippen molar-refractivity contribution in [2.75, 3.05) is 0 Å². The van der Waals surface area contributed by atoms with Crippen LogP contribution in [0, 0.1) is 0 Å². The molecule has 0 aliphatic carbocycles. The maximum Gasteiger partial charge on any atom is 0.0160 e. The van der Waals surface area contributed by atoms with Crippen LogP contribution >= 0.6 is 12.6 Å². The topological polar surface area (TPSA) is 0 Å². The highest BCUT2D eigenvalue weighted by Crippen LogP contribution is 2.39. The fourth-order valence-electron chi connectivity index (χ4n) is 3.36. The molecule has 0 aliphatic rings. The Morgan fingerprint density at radius 3 is 1.75 bits per heavy atom. The first-order valence-corrected chi connectivity index (χ1v) is 8.78. The summed E-state index contributed by atoms with van der Waals surface area (Å²) in [6, 6.07) is 32.2. The molecule has 0 unspecified atom stereocenters. The van der Waals surface area contributed by atoms with E-state index in [2.05, 4.69) is 104 Å². The highest BCUT2D eigenvalue weighted by molar-refractivity contribution is 7.79. The number of benzene rings is 4. The van der Waals surface area contributed by atoms with E-state index in [1.165, 1.54) is 38.6 Å². The first-order valence-electron chi connectivity index (χ1n) is 8.15. The Balaban J connectivity index is 2.09. The predicted molar refractivity (Wildman–Crippen MR) is 108 cm³/mol. The largest absolute Gasteiger partial charge is 0.175 e. The molecule has 0 atom stereocenters. The van der Waals surface area contributed by atoms with Crippen molar-refractivity contribution in [2.24, 2.45) is 0 Å². The third kappa shape index (κ3) is 2.61. The number of hydrogen-bond donors (Lipinski definition) is 1. The van der Waals surface area contributed by atoms with Gasteiger partial charge in [0.15, 0.2) is 0 Å². The van der Waals surface area contributed by atoms with Crippen molar-refractivity contribution in [1.82, 2.24) is 0 Å². The fourth-order valence-corrected chi connectivity index (χ4v) is 3.61. The molecule has 0 aliphatic heterocycles. The van der Waals surface area contributed by atoms with Crippen LogP contribution in [0.2, 0.25) is 0 Å². The molecule has 0 spiro atoms. The lowest BCUT2D eigenvalue weighted by Crippen LogP contribution is -1.92. The molecule has 0 radical (unpaired) electrons. The molecule has 0 saturated carbocycles. The third-order valence-corrected chi connectivity index (χ3v) is 4.78. The van der Waals surface area contributed by atoms with Gasteiger partial charge in [-0.1, -0.05) is 84.9 Å². The molecule has 4 aromatic carbocycles. The Bertz CT molecular complexity index is 973. The Morgan fingerprint density at radius 2 is 1.12 bits per heavy atom. The lowest BCUT2D eigenvalue weighted by Gasteiger charge is -2.16. The van der Waals surface area contributed by atoms with Crippen LogP contribution in [0.3, 0.4) is 0 Å². The molecular formula is C23H18S. The molecule has 0 fully saturated rings. The quantitative estimate of drug-likeness (QED) is 0.403. The highest BCUT2D eigenvalue weighted by atomic mass is 32.1. The van der Waals surface area contributed by atoms with Crippen LogP contribution in [0.1, 0.15) is 5.56 Å². The second kappa shape index (κ2) is 6.54. The SMILES string of the molecule is SCc1cc(-c2ccccc2)c2ccccc2c1-c1ccccc1. The van der Waals surface area contributed by atoms with Gasteiger partial charge in [0.25, 0.3) is 0 Å². The third-order valence-electron chi connectivity index (χ3n) is 4.44. The smallest absolute Gasteiger partial charge is 0.0160 e. The molecule has 0 saturated heterocycles. The number of rotatable bonds is 3. The van der Waals surface area contributed by atoms with E-state index in [0.29, 0.717) is 0 Å². The van der Waals surface area contributed by atoms with Crippen molar-refractivity contribution in [3.63, 3.8) is 0 Å². The predicted octanol–water partition coefficient (Wildman–Crippen LogP) is 6.60. The van der Waals surface area contributed by atoms with Crippen molar-refractivity contribution in [1.29, 1.82) is 0 Å². The van der Waals surface area contributed by atoms with Gasteiger partial charge in [-0.25, -0.2) is 0 Å². The summed E-state index contributed by atoms with van der Waals surface area (Å²) in [5.74, 6) is 0.717. The zero-order valence-corrected chi connectivity index (χ0v) is 14.2. The van der Waals surface area contributed by atoms with E-state index >= 15 is 0 Å². The van der Waals surface area contributed by atoms with Gasteiger partial charge in [-0.15, -0.1) is 0 Å². The molecule has 0 heterocycles. The van der Waals surface area contributed by atoms with Crippen LogP contribution in [0.5, 0.6) is 0 Å². The average molecular weight is 326 g/mol. The highest BCUT2D eigenvalue weighted by Gasteiger charge is 2.13. The molecular weight excluding hydrogens is 308 g/mol. The molecule has 24 heavy (non-hydrogen) atoms. The summed E-state index contributed by atoms with van der Waals surface area (Å²) in [4.78, 5) is 0. The molecule has 4 rings (SSSR count). The van der Waals surface area contributed by atoms with Gasteiger partial charge in [-0.05, 0) is 44.7 Å². The van der Waals surface area contributed by atoms with Crippen molar-refractivity contribution in [2.45, 2.75) is 5.75 Å². The van der Waals surface area contributed by atoms with Crippen LogP contribution in [0.4, 0.5) is 0 Å². The second-order valence-electron chi connectivity index (χ2n) is 5.89. The van der Waals surface area contributed by atoms with E-state index in [9.17, 15) is 0 Å². The van der Waals surface area contributed by atoms with E-state index in [-0.39, 0.29) is 0 Å². The zero-order chi connectivity index (χ0) is 16.4. The Morgan fingerprint density at radius 1 is 0.583 bits per heavy atom. The van der Waals surface area contributed by atoms with E-state index in [0.717, 1.165) is 5.75 Å². The first kappa shape index (κ1) is 15.0. The minimum Gasteiger partial charge on any atom is -0.175 e. The van der Waals surface area contributed by atoms with Crippen molar-refractivity contribution in [3.05, 3.63) is 96.6 Å². The minimum absolute atomic E-state index is 0.717. The van der Waals surface area contributed by atoms with Crippen molar-refractivity contribution >= 4 is 23.4 Å². The van der Waals surface area contributed by atoms with E-state index in [1.54, 1.807) is 0 Å². The molecule has 116 valence electrons. The van der Waals surface area contributed by atoms with Gasteiger partial charge < -0.3 is 0 Å². The van der Waals surface area contributed by atoms with Gasteiger partial charge in [0, 0.05) is 5.75 Å². The van der Waals surface area contributed by atoms with Crippen LogP contribution < -0.4 is 0 Å². The lowest BCUT2D eigenvalue weighted by molar-refractivity contribution is 1.44. The summed E-state index contributed by atoms with van der Waals surface area (Å²) in [5, 5.41) is 2.57. The Labute approximate surface area is 148 Å². The molecule has 1 heteroatoms. The van der Waals surface area contributed by atoms with Gasteiger partial charge in [0.2, 0.25) is 0 Å². The lowest BCUT2D eigenvalue weighted by atomic mass is 9.88. The number of fused-ring (bicyclic) bond motifs is 1. The normalized spacial score (nSPS) is 10.9.